The van der Waals surface area contributed by atoms with E-state index in [0.29, 0.717) is 6.54 Å². The number of primary sulfonamides is 1. The number of carbonyl (C=O) groups is 1. The van der Waals surface area contributed by atoms with Crippen molar-refractivity contribution in [2.75, 3.05) is 31.5 Å². The molecule has 1 amide bonds. The Bertz CT molecular complexity index is 710. The second kappa shape index (κ2) is 6.74. The molecule has 1 aromatic rings. The van der Waals surface area contributed by atoms with Crippen molar-refractivity contribution in [1.29, 1.82) is 0 Å². The predicted octanol–water partition coefficient (Wildman–Crippen LogP) is 0.597. The lowest BCUT2D eigenvalue weighted by Crippen LogP contribution is -2.35. The fourth-order valence-electron chi connectivity index (χ4n) is 2.60. The quantitative estimate of drug-likeness (QED) is 0.710. The third-order valence-corrected chi connectivity index (χ3v) is 5.28. The van der Waals surface area contributed by atoms with Gasteiger partial charge in [0.2, 0.25) is 15.9 Å². The molecule has 1 saturated heterocycles. The van der Waals surface area contributed by atoms with Gasteiger partial charge in [-0.1, -0.05) is 18.5 Å². The number of nitrogens with two attached hydrogens (primary N) is 2. The molecular formula is C14H21ClN4O3S. The van der Waals surface area contributed by atoms with Crippen LogP contribution in [0.2, 0.25) is 5.02 Å². The van der Waals surface area contributed by atoms with Gasteiger partial charge in [-0.25, -0.2) is 13.6 Å². The number of anilines is 1. The molecule has 0 aromatic heterocycles. The molecule has 1 aromatic carbocycles. The van der Waals surface area contributed by atoms with E-state index in [1.807, 2.05) is 4.90 Å². The number of sulfonamides is 1. The van der Waals surface area contributed by atoms with E-state index in [-0.39, 0.29) is 33.5 Å². The second-order valence-electron chi connectivity index (χ2n) is 6.21. The number of amides is 1. The molecule has 1 fully saturated rings. The molecular weight excluding hydrogens is 340 g/mol. The summed E-state index contributed by atoms with van der Waals surface area (Å²) in [5.74, 6) is -0.264. The Morgan fingerprint density at radius 3 is 2.74 bits per heavy atom. The summed E-state index contributed by atoms with van der Waals surface area (Å²) in [6, 6.07) is 3.93. The number of hydrogen-bond acceptors (Lipinski definition) is 5. The Hall–Kier alpha value is -1.19. The van der Waals surface area contributed by atoms with Crippen LogP contribution >= 0.6 is 11.6 Å². The topological polar surface area (TPSA) is 119 Å². The summed E-state index contributed by atoms with van der Waals surface area (Å²) in [5.41, 5.74) is 6.01. The summed E-state index contributed by atoms with van der Waals surface area (Å²) in [6.07, 6.45) is 0.943. The number of halogens is 1. The molecule has 5 N–H and O–H groups in total. The first-order chi connectivity index (χ1) is 10.6. The standard InChI is InChI=1S/C14H21ClN4O3S/c1-14(8-16)4-5-19(9-14)7-13(20)18-12-6-10(23(17,21)22)2-3-11(12)15/h2-3,6H,4-5,7-9,16H2,1H3,(H,18,20)(H2,17,21,22). The average molecular weight is 361 g/mol. The zero-order valence-corrected chi connectivity index (χ0v) is 14.5. The number of carbonyl (C=O) groups excluding carboxylic acids is 1. The monoisotopic (exact) mass is 360 g/mol. The molecule has 2 rings (SSSR count). The maximum absolute atomic E-state index is 12.2. The highest BCUT2D eigenvalue weighted by Crippen LogP contribution is 2.28. The summed E-state index contributed by atoms with van der Waals surface area (Å²) in [5, 5.41) is 7.96. The highest BCUT2D eigenvalue weighted by molar-refractivity contribution is 7.89. The predicted molar refractivity (Wildman–Crippen MR) is 89.7 cm³/mol. The minimum atomic E-state index is -3.85. The maximum Gasteiger partial charge on any atom is 0.238 e. The fraction of sp³-hybridized carbons (Fsp3) is 0.500. The van der Waals surface area contributed by atoms with Gasteiger partial charge < -0.3 is 11.1 Å². The Kier molecular flexibility index (Phi) is 5.32. The second-order valence-corrected chi connectivity index (χ2v) is 8.18. The van der Waals surface area contributed by atoms with Crippen molar-refractivity contribution in [3.63, 3.8) is 0 Å². The normalized spacial score (nSPS) is 22.3. The first-order valence-corrected chi connectivity index (χ1v) is 9.10. The van der Waals surface area contributed by atoms with Crippen molar-refractivity contribution in [2.24, 2.45) is 16.3 Å². The van der Waals surface area contributed by atoms with Gasteiger partial charge in [0.1, 0.15) is 0 Å². The zero-order valence-electron chi connectivity index (χ0n) is 12.9. The molecule has 1 aliphatic rings. The first kappa shape index (κ1) is 18.2. The molecule has 1 heterocycles. The Morgan fingerprint density at radius 1 is 1.48 bits per heavy atom. The summed E-state index contributed by atoms with van der Waals surface area (Å²) < 4.78 is 22.7. The van der Waals surface area contributed by atoms with Gasteiger partial charge >= 0.3 is 0 Å². The largest absolute Gasteiger partial charge is 0.330 e. The van der Waals surface area contributed by atoms with Crippen molar-refractivity contribution >= 4 is 33.2 Å². The van der Waals surface area contributed by atoms with E-state index in [1.165, 1.54) is 18.2 Å². The molecule has 0 bridgehead atoms. The molecule has 1 unspecified atom stereocenters. The van der Waals surface area contributed by atoms with Gasteiger partial charge in [-0.2, -0.15) is 0 Å². The van der Waals surface area contributed by atoms with Gasteiger partial charge in [0.25, 0.3) is 0 Å². The maximum atomic E-state index is 12.2. The molecule has 0 aliphatic carbocycles. The lowest BCUT2D eigenvalue weighted by atomic mass is 9.90. The van der Waals surface area contributed by atoms with Crippen LogP contribution in [-0.4, -0.2) is 45.4 Å². The minimum absolute atomic E-state index is 0.0332. The fourth-order valence-corrected chi connectivity index (χ4v) is 3.30. The van der Waals surface area contributed by atoms with Crippen LogP contribution in [0.4, 0.5) is 5.69 Å². The summed E-state index contributed by atoms with van der Waals surface area (Å²) in [4.78, 5) is 14.1. The molecule has 128 valence electrons. The minimum Gasteiger partial charge on any atom is -0.330 e. The zero-order chi connectivity index (χ0) is 17.3. The van der Waals surface area contributed by atoms with Crippen LogP contribution in [0.5, 0.6) is 0 Å². The van der Waals surface area contributed by atoms with Gasteiger partial charge in [-0.15, -0.1) is 0 Å². The van der Waals surface area contributed by atoms with E-state index in [4.69, 9.17) is 22.5 Å². The van der Waals surface area contributed by atoms with Crippen LogP contribution in [0.3, 0.4) is 0 Å². The van der Waals surface area contributed by atoms with Gasteiger partial charge in [-0.05, 0) is 43.1 Å². The molecule has 0 saturated carbocycles. The van der Waals surface area contributed by atoms with Crippen LogP contribution in [0.1, 0.15) is 13.3 Å². The van der Waals surface area contributed by atoms with Crippen molar-refractivity contribution < 1.29 is 13.2 Å². The van der Waals surface area contributed by atoms with Gasteiger partial charge in [0.05, 0.1) is 22.2 Å². The highest BCUT2D eigenvalue weighted by Gasteiger charge is 2.33. The third kappa shape index (κ3) is 4.65. The van der Waals surface area contributed by atoms with Crippen LogP contribution < -0.4 is 16.2 Å². The molecule has 0 radical (unpaired) electrons. The first-order valence-electron chi connectivity index (χ1n) is 7.18. The summed E-state index contributed by atoms with van der Waals surface area (Å²) in [7, 11) is -3.85. The van der Waals surface area contributed by atoms with E-state index in [9.17, 15) is 13.2 Å². The lowest BCUT2D eigenvalue weighted by molar-refractivity contribution is -0.117. The number of benzene rings is 1. The molecule has 9 heteroatoms. The van der Waals surface area contributed by atoms with E-state index in [2.05, 4.69) is 12.2 Å². The number of hydrogen-bond donors (Lipinski definition) is 3. The number of nitrogens with zero attached hydrogens (tertiary/aromatic N) is 1. The van der Waals surface area contributed by atoms with E-state index in [0.717, 1.165) is 19.5 Å². The van der Waals surface area contributed by atoms with Crippen molar-refractivity contribution in [1.82, 2.24) is 4.90 Å². The van der Waals surface area contributed by atoms with E-state index >= 15 is 0 Å². The lowest BCUT2D eigenvalue weighted by Gasteiger charge is -2.22. The van der Waals surface area contributed by atoms with Crippen LogP contribution in [0.15, 0.2) is 23.1 Å². The van der Waals surface area contributed by atoms with Crippen LogP contribution in [0.25, 0.3) is 0 Å². The van der Waals surface area contributed by atoms with Crippen molar-refractivity contribution in [2.45, 2.75) is 18.2 Å². The van der Waals surface area contributed by atoms with E-state index < -0.39 is 10.0 Å². The number of rotatable bonds is 5. The summed E-state index contributed by atoms with van der Waals surface area (Å²) in [6.45, 7) is 4.42. The van der Waals surface area contributed by atoms with Crippen LogP contribution in [0, 0.1) is 5.41 Å². The smallest absolute Gasteiger partial charge is 0.238 e. The van der Waals surface area contributed by atoms with Crippen molar-refractivity contribution in [3.8, 4) is 0 Å². The van der Waals surface area contributed by atoms with Gasteiger partial charge in [0, 0.05) is 6.54 Å². The molecule has 7 nitrogen and oxygen atoms in total. The SMILES string of the molecule is CC1(CN)CCN(CC(=O)Nc2cc(S(N)(=O)=O)ccc2Cl)C1. The molecule has 1 aliphatic heterocycles. The van der Waals surface area contributed by atoms with Crippen molar-refractivity contribution in [3.05, 3.63) is 23.2 Å². The van der Waals surface area contributed by atoms with Crippen LogP contribution in [-0.2, 0) is 14.8 Å². The van der Waals surface area contributed by atoms with Gasteiger partial charge in [0.15, 0.2) is 0 Å². The highest BCUT2D eigenvalue weighted by atomic mass is 35.5. The molecule has 0 spiro atoms. The molecule has 1 atom stereocenters. The third-order valence-electron chi connectivity index (χ3n) is 4.04. The molecule has 23 heavy (non-hydrogen) atoms. The number of likely N-dealkylation sites (tertiary alicyclic amines) is 1. The Labute approximate surface area is 141 Å². The van der Waals surface area contributed by atoms with E-state index in [1.54, 1.807) is 0 Å². The Morgan fingerprint density at radius 2 is 2.17 bits per heavy atom. The average Bonchev–Trinajstić information content (AvgIpc) is 2.82. The Balaban J connectivity index is 2.04. The number of nitrogens with one attached hydrogen (secondary N) is 1. The van der Waals surface area contributed by atoms with Gasteiger partial charge in [-0.3, -0.25) is 9.69 Å². The summed E-state index contributed by atoms with van der Waals surface area (Å²) >= 11 is 5.99.